The number of imide groups is 1. The summed E-state index contributed by atoms with van der Waals surface area (Å²) < 4.78 is 5.15. The number of nitro groups is 1. The molecule has 2 aliphatic heterocycles. The van der Waals surface area contributed by atoms with E-state index < -0.39 is 16.5 Å². The highest BCUT2D eigenvalue weighted by Gasteiger charge is 2.47. The van der Waals surface area contributed by atoms with E-state index in [9.17, 15) is 24.5 Å². The summed E-state index contributed by atoms with van der Waals surface area (Å²) in [6.07, 6.45) is 2.83. The minimum atomic E-state index is -0.776. The molecule has 164 valence electrons. The number of nitrogens with one attached hydrogen (secondary N) is 2. The van der Waals surface area contributed by atoms with E-state index in [1.165, 1.54) is 25.3 Å². The van der Waals surface area contributed by atoms with Crippen LogP contribution in [0.4, 0.5) is 10.5 Å². The van der Waals surface area contributed by atoms with Crippen LogP contribution in [0.5, 0.6) is 5.75 Å². The molecule has 0 saturated carbocycles. The van der Waals surface area contributed by atoms with Gasteiger partial charge in [0.15, 0.2) is 5.78 Å². The Morgan fingerprint density at radius 1 is 1.27 bits per heavy atom. The topological polar surface area (TPSA) is 131 Å². The van der Waals surface area contributed by atoms with Crippen molar-refractivity contribution in [1.82, 2.24) is 15.5 Å². The third-order valence-electron chi connectivity index (χ3n) is 5.55. The Morgan fingerprint density at radius 2 is 1.97 bits per heavy atom. The van der Waals surface area contributed by atoms with Gasteiger partial charge < -0.3 is 15.0 Å². The largest absolute Gasteiger partial charge is 0.496 e. The van der Waals surface area contributed by atoms with Crippen molar-refractivity contribution in [3.63, 3.8) is 0 Å². The van der Waals surface area contributed by atoms with Crippen molar-refractivity contribution >= 4 is 35.8 Å². The number of carbonyl (C=O) groups excluding carboxylic acids is 3. The standard InChI is InChI=1S/C19H24N4O6.ClH/c1-29-16-6-5-13(23(27)28)12-14(16)15(24)4-2-3-9-22-10-7-19(8-11-22)17(25)20-18(26)21-19;/h5-6,12H,2-4,7-11H2,1H3,(H2,20,21,25,26);1H. The maximum absolute atomic E-state index is 12.5. The van der Waals surface area contributed by atoms with E-state index in [1.807, 2.05) is 0 Å². The fourth-order valence-corrected chi connectivity index (χ4v) is 3.82. The monoisotopic (exact) mass is 440 g/mol. The number of nitrogens with zero attached hydrogens (tertiary/aromatic N) is 2. The van der Waals surface area contributed by atoms with Crippen molar-refractivity contribution in [1.29, 1.82) is 0 Å². The van der Waals surface area contributed by atoms with E-state index in [0.717, 1.165) is 13.0 Å². The number of rotatable bonds is 8. The van der Waals surface area contributed by atoms with Crippen LogP contribution in [0, 0.1) is 10.1 Å². The van der Waals surface area contributed by atoms with Crippen molar-refractivity contribution in [2.45, 2.75) is 37.6 Å². The SMILES string of the molecule is COc1ccc([N+](=O)[O-])cc1C(=O)CCCCN1CCC2(CC1)NC(=O)NC2=O.Cl. The lowest BCUT2D eigenvalue weighted by Gasteiger charge is -2.36. The average Bonchev–Trinajstić information content (AvgIpc) is 2.98. The first-order valence-corrected chi connectivity index (χ1v) is 9.56. The molecule has 10 nitrogen and oxygen atoms in total. The Hall–Kier alpha value is -2.72. The number of amides is 3. The second kappa shape index (κ2) is 9.86. The number of piperidine rings is 1. The summed E-state index contributed by atoms with van der Waals surface area (Å²) in [6, 6.07) is 3.57. The van der Waals surface area contributed by atoms with E-state index in [1.54, 1.807) is 0 Å². The highest BCUT2D eigenvalue weighted by Crippen LogP contribution is 2.27. The number of nitro benzene ring substituents is 1. The molecule has 3 rings (SSSR count). The lowest BCUT2D eigenvalue weighted by atomic mass is 9.87. The van der Waals surface area contributed by atoms with E-state index in [0.29, 0.717) is 38.1 Å². The van der Waals surface area contributed by atoms with Crippen molar-refractivity contribution in [2.75, 3.05) is 26.7 Å². The lowest BCUT2D eigenvalue weighted by molar-refractivity contribution is -0.384. The number of urea groups is 1. The van der Waals surface area contributed by atoms with Crippen LogP contribution in [0.2, 0.25) is 0 Å². The van der Waals surface area contributed by atoms with Crippen LogP contribution < -0.4 is 15.4 Å². The number of methoxy groups -OCH3 is 1. The van der Waals surface area contributed by atoms with Crippen molar-refractivity contribution in [2.24, 2.45) is 0 Å². The third kappa shape index (κ3) is 5.06. The summed E-state index contributed by atoms with van der Waals surface area (Å²) in [5, 5.41) is 16.0. The van der Waals surface area contributed by atoms with Gasteiger partial charge in [-0.3, -0.25) is 25.0 Å². The van der Waals surface area contributed by atoms with Crippen molar-refractivity contribution in [3.8, 4) is 5.75 Å². The van der Waals surface area contributed by atoms with Gasteiger partial charge in [-0.25, -0.2) is 4.79 Å². The summed E-state index contributed by atoms with van der Waals surface area (Å²) in [7, 11) is 1.42. The number of ether oxygens (including phenoxy) is 1. The van der Waals surface area contributed by atoms with Crippen LogP contribution in [-0.4, -0.2) is 59.8 Å². The van der Waals surface area contributed by atoms with Crippen LogP contribution in [0.15, 0.2) is 18.2 Å². The predicted octanol–water partition coefficient (Wildman–Crippen LogP) is 2.05. The Balaban J connectivity index is 0.00000320. The zero-order valence-electron chi connectivity index (χ0n) is 16.6. The third-order valence-corrected chi connectivity index (χ3v) is 5.55. The maximum atomic E-state index is 12.5. The molecule has 2 aliphatic rings. The highest BCUT2D eigenvalue weighted by molar-refractivity contribution is 6.07. The van der Waals surface area contributed by atoms with E-state index >= 15 is 0 Å². The Kier molecular flexibility index (Phi) is 7.74. The first kappa shape index (κ1) is 23.6. The number of ketones is 1. The van der Waals surface area contributed by atoms with Crippen molar-refractivity contribution in [3.05, 3.63) is 33.9 Å². The van der Waals surface area contributed by atoms with Gasteiger partial charge in [-0.15, -0.1) is 12.4 Å². The molecule has 30 heavy (non-hydrogen) atoms. The van der Waals surface area contributed by atoms with Crippen LogP contribution in [0.1, 0.15) is 42.5 Å². The number of halogens is 1. The highest BCUT2D eigenvalue weighted by atomic mass is 35.5. The van der Waals surface area contributed by atoms with Crippen LogP contribution in [0.3, 0.4) is 0 Å². The van der Waals surface area contributed by atoms with Gasteiger partial charge in [0, 0.05) is 31.6 Å². The smallest absolute Gasteiger partial charge is 0.322 e. The first-order valence-electron chi connectivity index (χ1n) is 9.56. The summed E-state index contributed by atoms with van der Waals surface area (Å²) in [5.74, 6) is -0.106. The van der Waals surface area contributed by atoms with Gasteiger partial charge in [0.05, 0.1) is 17.6 Å². The number of unbranched alkanes of at least 4 members (excludes halogenated alkanes) is 1. The number of non-ortho nitro benzene ring substituents is 1. The van der Waals surface area contributed by atoms with Crippen LogP contribution in [0.25, 0.3) is 0 Å². The van der Waals surface area contributed by atoms with Crippen LogP contribution >= 0.6 is 12.4 Å². The second-order valence-corrected chi connectivity index (χ2v) is 7.35. The molecule has 2 heterocycles. The minimum absolute atomic E-state index is 0. The first-order chi connectivity index (χ1) is 13.8. The summed E-state index contributed by atoms with van der Waals surface area (Å²) >= 11 is 0. The molecule has 0 aliphatic carbocycles. The number of hydrogen-bond donors (Lipinski definition) is 2. The zero-order valence-corrected chi connectivity index (χ0v) is 17.5. The number of benzene rings is 1. The molecule has 1 aromatic carbocycles. The maximum Gasteiger partial charge on any atom is 0.322 e. The number of carbonyl (C=O) groups is 3. The summed E-state index contributed by atoms with van der Waals surface area (Å²) in [6.45, 7) is 2.17. The van der Waals surface area contributed by atoms with Gasteiger partial charge in [-0.05, 0) is 38.3 Å². The lowest BCUT2D eigenvalue weighted by Crippen LogP contribution is -2.54. The second-order valence-electron chi connectivity index (χ2n) is 7.35. The molecule has 3 amide bonds. The van der Waals surface area contributed by atoms with Gasteiger partial charge >= 0.3 is 6.03 Å². The molecule has 0 aromatic heterocycles. The minimum Gasteiger partial charge on any atom is -0.496 e. The summed E-state index contributed by atoms with van der Waals surface area (Å²) in [4.78, 5) is 48.4. The molecule has 2 saturated heterocycles. The normalized spacial score (nSPS) is 17.8. The van der Waals surface area contributed by atoms with Gasteiger partial charge in [0.2, 0.25) is 0 Å². The zero-order chi connectivity index (χ0) is 21.0. The van der Waals surface area contributed by atoms with Gasteiger partial charge in [-0.1, -0.05) is 0 Å². The Bertz CT molecular complexity index is 838. The van der Waals surface area contributed by atoms with Crippen molar-refractivity contribution < 1.29 is 24.0 Å². The number of hydrogen-bond acceptors (Lipinski definition) is 7. The molecule has 0 unspecified atom stereocenters. The molecule has 0 atom stereocenters. The molecule has 1 spiro atoms. The average molecular weight is 441 g/mol. The molecular weight excluding hydrogens is 416 g/mol. The molecule has 2 fully saturated rings. The van der Waals surface area contributed by atoms with Gasteiger partial charge in [-0.2, -0.15) is 0 Å². The predicted molar refractivity (Wildman–Crippen MR) is 110 cm³/mol. The molecular formula is C19H25ClN4O6. The molecule has 11 heteroatoms. The Labute approximate surface area is 179 Å². The summed E-state index contributed by atoms with van der Waals surface area (Å²) in [5.41, 5.74) is -0.689. The number of Topliss-reactive ketones (excluding diaryl/α,β-unsaturated/α-hetero) is 1. The number of likely N-dealkylation sites (tertiary alicyclic amines) is 1. The van der Waals surface area contributed by atoms with E-state index in [-0.39, 0.29) is 41.8 Å². The molecule has 0 radical (unpaired) electrons. The van der Waals surface area contributed by atoms with Gasteiger partial charge in [0.25, 0.3) is 11.6 Å². The quantitative estimate of drug-likeness (QED) is 0.208. The van der Waals surface area contributed by atoms with E-state index in [4.69, 9.17) is 4.74 Å². The van der Waals surface area contributed by atoms with E-state index in [2.05, 4.69) is 15.5 Å². The molecule has 0 bridgehead atoms. The fraction of sp³-hybridized carbons (Fsp3) is 0.526. The van der Waals surface area contributed by atoms with Gasteiger partial charge in [0.1, 0.15) is 11.3 Å². The Morgan fingerprint density at radius 3 is 2.53 bits per heavy atom. The molecule has 2 N–H and O–H groups in total. The fourth-order valence-electron chi connectivity index (χ4n) is 3.82. The molecule has 1 aromatic rings. The van der Waals surface area contributed by atoms with Crippen LogP contribution in [-0.2, 0) is 4.79 Å².